The summed E-state index contributed by atoms with van der Waals surface area (Å²) in [5, 5.41) is 2.27. The molecular formula is C16H20F2N2O3. The van der Waals surface area contributed by atoms with Gasteiger partial charge in [-0.3, -0.25) is 9.59 Å². The number of hydrogen-bond donors (Lipinski definition) is 2. The fourth-order valence-corrected chi connectivity index (χ4v) is 2.73. The van der Waals surface area contributed by atoms with Crippen molar-refractivity contribution in [1.29, 1.82) is 0 Å². The van der Waals surface area contributed by atoms with E-state index in [9.17, 15) is 18.4 Å². The first-order valence-electron chi connectivity index (χ1n) is 7.58. The van der Waals surface area contributed by atoms with Gasteiger partial charge in [0.2, 0.25) is 5.91 Å². The minimum atomic E-state index is -1.07. The summed E-state index contributed by atoms with van der Waals surface area (Å²) in [5.41, 5.74) is 4.21. The predicted molar refractivity (Wildman–Crippen MR) is 80.9 cm³/mol. The molecule has 2 amide bonds. The van der Waals surface area contributed by atoms with E-state index >= 15 is 0 Å². The van der Waals surface area contributed by atoms with Crippen LogP contribution in [0.5, 0.6) is 0 Å². The van der Waals surface area contributed by atoms with Crippen molar-refractivity contribution in [1.82, 2.24) is 0 Å². The number of ether oxygens (including phenoxy) is 1. The van der Waals surface area contributed by atoms with E-state index in [1.807, 2.05) is 0 Å². The second kappa shape index (κ2) is 7.50. The number of carbonyl (C=O) groups is 2. The molecule has 2 rings (SSSR count). The largest absolute Gasteiger partial charge is 0.368 e. The zero-order valence-electron chi connectivity index (χ0n) is 12.9. The highest BCUT2D eigenvalue weighted by molar-refractivity contribution is 5.96. The monoisotopic (exact) mass is 326 g/mol. The molecule has 0 heterocycles. The van der Waals surface area contributed by atoms with E-state index in [0.29, 0.717) is 12.0 Å². The van der Waals surface area contributed by atoms with Crippen LogP contribution in [-0.4, -0.2) is 24.5 Å². The topological polar surface area (TPSA) is 81.4 Å². The molecule has 0 bridgehead atoms. The van der Waals surface area contributed by atoms with Crippen LogP contribution >= 0.6 is 0 Å². The lowest BCUT2D eigenvalue weighted by Gasteiger charge is -2.28. The summed E-state index contributed by atoms with van der Waals surface area (Å²) in [4.78, 5) is 22.9. The molecule has 7 heteroatoms. The third-order valence-electron chi connectivity index (χ3n) is 4.06. The Morgan fingerprint density at radius 2 is 1.96 bits per heavy atom. The summed E-state index contributed by atoms with van der Waals surface area (Å²) < 4.78 is 32.6. The highest BCUT2D eigenvalue weighted by Crippen LogP contribution is 2.26. The summed E-state index contributed by atoms with van der Waals surface area (Å²) >= 11 is 0. The van der Waals surface area contributed by atoms with Crippen LogP contribution in [0.25, 0.3) is 0 Å². The van der Waals surface area contributed by atoms with E-state index in [-0.39, 0.29) is 18.4 Å². The minimum absolute atomic E-state index is 0.00810. The van der Waals surface area contributed by atoms with Gasteiger partial charge in [0, 0.05) is 6.07 Å². The fraction of sp³-hybridized carbons (Fsp3) is 0.500. The van der Waals surface area contributed by atoms with Gasteiger partial charge in [-0.1, -0.05) is 19.8 Å². The Morgan fingerprint density at radius 1 is 1.26 bits per heavy atom. The van der Waals surface area contributed by atoms with Crippen LogP contribution in [0.3, 0.4) is 0 Å². The molecule has 5 nitrogen and oxygen atoms in total. The molecule has 0 saturated heterocycles. The Labute approximate surface area is 133 Å². The number of carbonyl (C=O) groups excluding carboxylic acids is 2. The van der Waals surface area contributed by atoms with Gasteiger partial charge in [-0.15, -0.1) is 0 Å². The first kappa shape index (κ1) is 17.3. The Bertz CT molecular complexity index is 607. The summed E-state index contributed by atoms with van der Waals surface area (Å²) in [5.74, 6) is -3.28. The van der Waals surface area contributed by atoms with Gasteiger partial charge in [-0.25, -0.2) is 8.78 Å². The van der Waals surface area contributed by atoms with Gasteiger partial charge in [0.15, 0.2) is 0 Å². The van der Waals surface area contributed by atoms with Crippen molar-refractivity contribution in [3.8, 4) is 0 Å². The summed E-state index contributed by atoms with van der Waals surface area (Å²) in [7, 11) is 0. The first-order chi connectivity index (χ1) is 10.9. The number of amides is 2. The van der Waals surface area contributed by atoms with Crippen LogP contribution < -0.4 is 11.1 Å². The average Bonchev–Trinajstić information content (AvgIpc) is 2.49. The lowest BCUT2D eigenvalue weighted by Crippen LogP contribution is -2.30. The van der Waals surface area contributed by atoms with Gasteiger partial charge in [-0.2, -0.15) is 0 Å². The highest BCUT2D eigenvalue weighted by Gasteiger charge is 2.23. The Morgan fingerprint density at radius 3 is 2.61 bits per heavy atom. The van der Waals surface area contributed by atoms with Crippen LogP contribution in [0.2, 0.25) is 0 Å². The van der Waals surface area contributed by atoms with E-state index in [2.05, 4.69) is 12.2 Å². The number of hydrogen-bond acceptors (Lipinski definition) is 3. The second-order valence-corrected chi connectivity index (χ2v) is 5.84. The zero-order valence-corrected chi connectivity index (χ0v) is 12.9. The van der Waals surface area contributed by atoms with Gasteiger partial charge >= 0.3 is 0 Å². The molecule has 1 saturated carbocycles. The predicted octanol–water partition coefficient (Wildman–Crippen LogP) is 2.60. The second-order valence-electron chi connectivity index (χ2n) is 5.84. The Hall–Kier alpha value is -2.02. The van der Waals surface area contributed by atoms with Gasteiger partial charge in [0.25, 0.3) is 5.91 Å². The van der Waals surface area contributed by atoms with Crippen molar-refractivity contribution in [3.05, 3.63) is 29.3 Å². The number of anilines is 1. The molecule has 0 radical (unpaired) electrons. The van der Waals surface area contributed by atoms with Crippen molar-refractivity contribution in [3.63, 3.8) is 0 Å². The molecule has 1 aromatic rings. The molecule has 23 heavy (non-hydrogen) atoms. The highest BCUT2D eigenvalue weighted by atomic mass is 19.1. The van der Waals surface area contributed by atoms with Crippen LogP contribution in [0.4, 0.5) is 14.5 Å². The van der Waals surface area contributed by atoms with E-state index in [0.717, 1.165) is 31.7 Å². The number of primary amides is 1. The Kier molecular flexibility index (Phi) is 5.65. The lowest BCUT2D eigenvalue weighted by atomic mass is 9.88. The van der Waals surface area contributed by atoms with Crippen molar-refractivity contribution in [2.24, 2.45) is 11.7 Å². The fourth-order valence-electron chi connectivity index (χ4n) is 2.73. The number of benzene rings is 1. The molecule has 0 spiro atoms. The molecule has 1 aromatic carbocycles. The maximum absolute atomic E-state index is 13.7. The quantitative estimate of drug-likeness (QED) is 0.872. The van der Waals surface area contributed by atoms with Gasteiger partial charge in [-0.05, 0) is 24.8 Å². The number of nitrogens with two attached hydrogens (primary N) is 1. The van der Waals surface area contributed by atoms with Crippen molar-refractivity contribution < 1.29 is 23.1 Å². The maximum atomic E-state index is 13.7. The third kappa shape index (κ3) is 4.48. The van der Waals surface area contributed by atoms with Crippen molar-refractivity contribution in [2.75, 3.05) is 11.9 Å². The minimum Gasteiger partial charge on any atom is -0.368 e. The molecule has 0 unspecified atom stereocenters. The third-order valence-corrected chi connectivity index (χ3v) is 4.06. The molecule has 126 valence electrons. The van der Waals surface area contributed by atoms with Gasteiger partial charge < -0.3 is 15.8 Å². The molecular weight excluding hydrogens is 306 g/mol. The lowest BCUT2D eigenvalue weighted by molar-refractivity contribution is -0.124. The summed E-state index contributed by atoms with van der Waals surface area (Å²) in [6, 6.07) is 1.40. The molecule has 0 aromatic heterocycles. The van der Waals surface area contributed by atoms with E-state index in [1.165, 1.54) is 0 Å². The van der Waals surface area contributed by atoms with Crippen LogP contribution in [0, 0.1) is 17.6 Å². The summed E-state index contributed by atoms with van der Waals surface area (Å²) in [6.07, 6.45) is 4.18. The maximum Gasteiger partial charge on any atom is 0.251 e. The number of halogens is 2. The molecule has 1 fully saturated rings. The first-order valence-corrected chi connectivity index (χ1v) is 7.58. The Balaban J connectivity index is 1.97. The van der Waals surface area contributed by atoms with Crippen molar-refractivity contribution in [2.45, 2.75) is 38.7 Å². The van der Waals surface area contributed by atoms with Gasteiger partial charge in [0.05, 0.1) is 17.4 Å². The molecule has 0 aliphatic heterocycles. The van der Waals surface area contributed by atoms with E-state index < -0.39 is 29.0 Å². The van der Waals surface area contributed by atoms with Crippen LogP contribution in [0.1, 0.15) is 43.0 Å². The zero-order chi connectivity index (χ0) is 17.0. The SMILES string of the molecule is C[C@@H]1CCCC[C@@H]1OCC(=O)Nc1cc(C(N)=O)c(F)cc1F. The normalized spacial score (nSPS) is 21.0. The van der Waals surface area contributed by atoms with Gasteiger partial charge in [0.1, 0.15) is 18.2 Å². The molecule has 1 aliphatic carbocycles. The molecule has 3 N–H and O–H groups in total. The average molecular weight is 326 g/mol. The van der Waals surface area contributed by atoms with Crippen LogP contribution in [-0.2, 0) is 9.53 Å². The summed E-state index contributed by atoms with van der Waals surface area (Å²) in [6.45, 7) is 1.85. The van der Waals surface area contributed by atoms with Crippen molar-refractivity contribution >= 4 is 17.5 Å². The van der Waals surface area contributed by atoms with E-state index in [4.69, 9.17) is 10.5 Å². The van der Waals surface area contributed by atoms with E-state index in [1.54, 1.807) is 0 Å². The molecule has 2 atom stereocenters. The number of rotatable bonds is 5. The van der Waals surface area contributed by atoms with Crippen LogP contribution in [0.15, 0.2) is 12.1 Å². The smallest absolute Gasteiger partial charge is 0.251 e. The standard InChI is InChI=1S/C16H20F2N2O3/c1-9-4-2-3-5-14(9)23-8-15(21)20-13-6-10(16(19)22)11(17)7-12(13)18/h6-7,9,14H,2-5,8H2,1H3,(H2,19,22)(H,20,21)/t9-,14+/m1/s1. The number of nitrogens with one attached hydrogen (secondary N) is 1. The molecule has 1 aliphatic rings.